The standard InChI is InChI=1S/C5H7.Ni/c1-3-5-4-2;/h1,3-5H,2H3;/b3-1?,5-4+;. The summed E-state index contributed by atoms with van der Waals surface area (Å²) in [6.45, 7) is 1.96. The fourth-order valence-corrected chi connectivity index (χ4v) is 0.256. The molecule has 0 rings (SSSR count). The van der Waals surface area contributed by atoms with E-state index in [1.165, 1.54) is 0 Å². The van der Waals surface area contributed by atoms with E-state index in [-0.39, 0.29) is 0 Å². The molecule has 0 atom stereocenters. The van der Waals surface area contributed by atoms with Crippen LogP contribution in [0.5, 0.6) is 0 Å². The fraction of sp³-hybridized carbons (Fsp3) is 0.200. The molecule has 0 fully saturated rings. The molecule has 0 radical (unpaired) electrons. The van der Waals surface area contributed by atoms with Crippen LogP contribution in [0.1, 0.15) is 6.92 Å². The molecule has 0 amide bonds. The molecule has 0 saturated heterocycles. The van der Waals surface area contributed by atoms with E-state index in [4.69, 9.17) is 0 Å². The summed E-state index contributed by atoms with van der Waals surface area (Å²) in [5.74, 6) is 0. The number of hydrogen-bond donors (Lipinski definition) is 0. The minimum absolute atomic E-state index is 1.62. The van der Waals surface area contributed by atoms with Gasteiger partial charge in [0, 0.05) is 0 Å². The second-order valence-electron chi connectivity index (χ2n) is 0.824. The first-order valence-electron chi connectivity index (χ1n) is 1.76. The molecule has 0 spiro atoms. The van der Waals surface area contributed by atoms with E-state index >= 15 is 0 Å². The molecule has 0 aromatic heterocycles. The Morgan fingerprint density at radius 1 is 1.33 bits per heavy atom. The Morgan fingerprint density at radius 2 is 2.00 bits per heavy atom. The molecule has 0 aromatic carbocycles. The van der Waals surface area contributed by atoms with Gasteiger partial charge in [0.2, 0.25) is 0 Å². The summed E-state index contributed by atoms with van der Waals surface area (Å²) >= 11 is 4.24. The van der Waals surface area contributed by atoms with Crippen LogP contribution in [0.2, 0.25) is 0 Å². The number of rotatable bonds is 1. The van der Waals surface area contributed by atoms with Gasteiger partial charge in [0.05, 0.1) is 0 Å². The van der Waals surface area contributed by atoms with Crippen LogP contribution < -0.4 is 0 Å². The average Bonchev–Trinajstić information content (AvgIpc) is 1.61. The zero-order chi connectivity index (χ0) is 4.83. The molecule has 0 N–H and O–H groups in total. The van der Waals surface area contributed by atoms with E-state index in [1.807, 2.05) is 25.2 Å². The van der Waals surface area contributed by atoms with Crippen molar-refractivity contribution in [1.29, 1.82) is 0 Å². The van der Waals surface area contributed by atoms with Crippen LogP contribution >= 0.6 is 0 Å². The van der Waals surface area contributed by atoms with Crippen LogP contribution in [0.25, 0.3) is 0 Å². The summed E-state index contributed by atoms with van der Waals surface area (Å²) < 4.78 is 0. The van der Waals surface area contributed by atoms with Crippen molar-refractivity contribution in [2.24, 2.45) is 0 Å². The average molecular weight is 126 g/mol. The van der Waals surface area contributed by atoms with E-state index < -0.39 is 0 Å². The van der Waals surface area contributed by atoms with Gasteiger partial charge in [-0.05, 0) is 0 Å². The maximum atomic E-state index is 4.24. The van der Waals surface area contributed by atoms with Gasteiger partial charge in [-0.15, -0.1) is 0 Å². The molecule has 37 valence electrons. The van der Waals surface area contributed by atoms with Crippen molar-refractivity contribution in [3.63, 3.8) is 0 Å². The SMILES string of the molecule is C/C=C/C=[CH]/[Ni]. The quantitative estimate of drug-likeness (QED) is 0.369. The van der Waals surface area contributed by atoms with Crippen molar-refractivity contribution in [3.8, 4) is 0 Å². The summed E-state index contributed by atoms with van der Waals surface area (Å²) in [4.78, 5) is 0. The monoisotopic (exact) mass is 125 g/mol. The van der Waals surface area contributed by atoms with Gasteiger partial charge in [-0.1, -0.05) is 0 Å². The summed E-state index contributed by atoms with van der Waals surface area (Å²) in [6, 6.07) is 0. The molecule has 0 aliphatic carbocycles. The Morgan fingerprint density at radius 3 is 2.17 bits per heavy atom. The first-order chi connectivity index (χ1) is 2.91. The molecule has 0 aromatic rings. The zero-order valence-electron chi connectivity index (χ0n) is 3.63. The van der Waals surface area contributed by atoms with Gasteiger partial charge < -0.3 is 0 Å². The first-order valence-corrected chi connectivity index (χ1v) is 2.33. The molecule has 0 heterocycles. The Hall–Kier alpha value is -0.0265. The third kappa shape index (κ3) is 3.97. The zero-order valence-corrected chi connectivity index (χ0v) is 4.61. The van der Waals surface area contributed by atoms with Gasteiger partial charge in [-0.3, -0.25) is 0 Å². The fourth-order valence-electron chi connectivity index (χ4n) is 0.146. The Balaban J connectivity index is 3.07. The third-order valence-corrected chi connectivity index (χ3v) is 0.554. The van der Waals surface area contributed by atoms with Crippen LogP contribution in [0, 0.1) is 0 Å². The van der Waals surface area contributed by atoms with Crippen LogP contribution in [0.3, 0.4) is 0 Å². The van der Waals surface area contributed by atoms with Gasteiger partial charge >= 0.3 is 45.7 Å². The normalized spacial score (nSPS) is 11.8. The van der Waals surface area contributed by atoms with Crippen LogP contribution in [-0.4, -0.2) is 0 Å². The molecular formula is C5H7Ni. The molecule has 0 nitrogen and oxygen atoms in total. The second-order valence-corrected chi connectivity index (χ2v) is 1.15. The first kappa shape index (κ1) is 5.97. The molecule has 1 heteroatoms. The van der Waals surface area contributed by atoms with E-state index in [2.05, 4.69) is 15.5 Å². The molecule has 0 saturated carbocycles. The van der Waals surface area contributed by atoms with Gasteiger partial charge in [0.25, 0.3) is 0 Å². The molecule has 0 unspecified atom stereocenters. The van der Waals surface area contributed by atoms with Crippen molar-refractivity contribution in [2.45, 2.75) is 6.92 Å². The van der Waals surface area contributed by atoms with Crippen molar-refractivity contribution in [1.82, 2.24) is 0 Å². The number of allylic oxidation sites excluding steroid dienone is 3. The Bertz CT molecular complexity index is 52.3. The molecule has 0 aliphatic rings. The summed E-state index contributed by atoms with van der Waals surface area (Å²) in [7, 11) is 0. The van der Waals surface area contributed by atoms with E-state index in [0.717, 1.165) is 0 Å². The second kappa shape index (κ2) is 4.97. The van der Waals surface area contributed by atoms with Gasteiger partial charge in [0.1, 0.15) is 0 Å². The maximum absolute atomic E-state index is 4.24. The van der Waals surface area contributed by atoms with Gasteiger partial charge in [0.15, 0.2) is 0 Å². The van der Waals surface area contributed by atoms with E-state index in [9.17, 15) is 0 Å². The molecular weight excluding hydrogens is 119 g/mol. The predicted molar refractivity (Wildman–Crippen MR) is 24.0 cm³/mol. The Labute approximate surface area is 46.3 Å². The van der Waals surface area contributed by atoms with Gasteiger partial charge in [-0.2, -0.15) is 0 Å². The van der Waals surface area contributed by atoms with Crippen molar-refractivity contribution < 1.29 is 15.5 Å². The van der Waals surface area contributed by atoms with E-state index in [1.54, 1.807) is 5.05 Å². The van der Waals surface area contributed by atoms with Crippen molar-refractivity contribution in [3.05, 3.63) is 23.3 Å². The molecule has 0 bridgehead atoms. The van der Waals surface area contributed by atoms with E-state index in [0.29, 0.717) is 0 Å². The van der Waals surface area contributed by atoms with Crippen LogP contribution in [-0.2, 0) is 15.5 Å². The topological polar surface area (TPSA) is 0 Å². The van der Waals surface area contributed by atoms with Crippen LogP contribution in [0.15, 0.2) is 23.3 Å². The van der Waals surface area contributed by atoms with Crippen LogP contribution in [0.4, 0.5) is 0 Å². The third-order valence-electron chi connectivity index (χ3n) is 0.364. The summed E-state index contributed by atoms with van der Waals surface area (Å²) in [6.07, 6.45) is 5.68. The molecule has 0 aliphatic heterocycles. The summed E-state index contributed by atoms with van der Waals surface area (Å²) in [5, 5.41) is 1.62. The van der Waals surface area contributed by atoms with Gasteiger partial charge in [-0.25, -0.2) is 0 Å². The number of hydrogen-bond acceptors (Lipinski definition) is 0. The predicted octanol–water partition coefficient (Wildman–Crippen LogP) is 1.62. The minimum atomic E-state index is 1.62. The van der Waals surface area contributed by atoms with Crippen molar-refractivity contribution in [2.75, 3.05) is 0 Å². The summed E-state index contributed by atoms with van der Waals surface area (Å²) in [5.41, 5.74) is 0. The molecule has 6 heavy (non-hydrogen) atoms. The Kier molecular flexibility index (Phi) is 4.95. The van der Waals surface area contributed by atoms with Crippen molar-refractivity contribution >= 4 is 0 Å².